The number of ether oxygens (including phenoxy) is 1. The van der Waals surface area contributed by atoms with Gasteiger partial charge in [0.25, 0.3) is 5.91 Å². The third-order valence-electron chi connectivity index (χ3n) is 4.05. The van der Waals surface area contributed by atoms with Crippen LogP contribution in [-0.2, 0) is 14.8 Å². The smallest absolute Gasteiger partial charge is 0.265 e. The molecule has 28 heavy (non-hydrogen) atoms. The molecule has 0 fully saturated rings. The van der Waals surface area contributed by atoms with Crippen LogP contribution in [0.25, 0.3) is 0 Å². The van der Waals surface area contributed by atoms with E-state index in [1.165, 1.54) is 17.7 Å². The van der Waals surface area contributed by atoms with E-state index in [9.17, 15) is 13.2 Å². The number of benzene rings is 2. The van der Waals surface area contributed by atoms with Crippen LogP contribution in [0, 0.1) is 0 Å². The van der Waals surface area contributed by atoms with Crippen molar-refractivity contribution in [1.29, 1.82) is 0 Å². The molecule has 152 valence electrons. The first-order chi connectivity index (χ1) is 13.1. The summed E-state index contributed by atoms with van der Waals surface area (Å²) in [6, 6.07) is 13.5. The molecule has 0 aromatic heterocycles. The standard InChI is InChI=1S/C21H28N2O4S/c1-14(2)17-6-10-19(11-7-17)27-16(5)21(24)22-18-8-12-20(13-9-18)28(25,26)23-15(3)4/h6-16,23H,1-5H3,(H,22,24). The van der Waals surface area contributed by atoms with Crippen LogP contribution in [0.1, 0.15) is 46.1 Å². The molecule has 0 aliphatic heterocycles. The highest BCUT2D eigenvalue weighted by Gasteiger charge is 2.17. The quantitative estimate of drug-likeness (QED) is 0.699. The summed E-state index contributed by atoms with van der Waals surface area (Å²) >= 11 is 0. The van der Waals surface area contributed by atoms with Gasteiger partial charge in [-0.15, -0.1) is 0 Å². The van der Waals surface area contributed by atoms with Gasteiger partial charge in [0.05, 0.1) is 4.90 Å². The van der Waals surface area contributed by atoms with Gasteiger partial charge in [0.2, 0.25) is 10.0 Å². The van der Waals surface area contributed by atoms with Crippen molar-refractivity contribution in [2.45, 2.75) is 57.6 Å². The highest BCUT2D eigenvalue weighted by molar-refractivity contribution is 7.89. The SMILES string of the molecule is CC(C)NS(=O)(=O)c1ccc(NC(=O)C(C)Oc2ccc(C(C)C)cc2)cc1. The van der Waals surface area contributed by atoms with Gasteiger partial charge in [-0.3, -0.25) is 4.79 Å². The number of carbonyl (C=O) groups excluding carboxylic acids is 1. The van der Waals surface area contributed by atoms with Crippen molar-refractivity contribution >= 4 is 21.6 Å². The fourth-order valence-corrected chi connectivity index (χ4v) is 3.78. The highest BCUT2D eigenvalue weighted by atomic mass is 32.2. The van der Waals surface area contributed by atoms with Gasteiger partial charge in [0, 0.05) is 11.7 Å². The van der Waals surface area contributed by atoms with Gasteiger partial charge in [-0.2, -0.15) is 0 Å². The Kier molecular flexibility index (Phi) is 7.21. The number of hydrogen-bond acceptors (Lipinski definition) is 4. The zero-order valence-electron chi connectivity index (χ0n) is 16.9. The third-order valence-corrected chi connectivity index (χ3v) is 5.73. The maximum absolute atomic E-state index is 12.4. The predicted octanol–water partition coefficient (Wildman–Crippen LogP) is 3.90. The summed E-state index contributed by atoms with van der Waals surface area (Å²) in [5.41, 5.74) is 1.70. The molecular weight excluding hydrogens is 376 g/mol. The summed E-state index contributed by atoms with van der Waals surface area (Å²) in [5.74, 6) is 0.731. The minimum Gasteiger partial charge on any atom is -0.481 e. The maximum Gasteiger partial charge on any atom is 0.265 e. The Morgan fingerprint density at radius 2 is 1.46 bits per heavy atom. The molecule has 2 aromatic carbocycles. The second-order valence-corrected chi connectivity index (χ2v) is 8.99. The summed E-state index contributed by atoms with van der Waals surface area (Å²) in [4.78, 5) is 12.5. The van der Waals surface area contributed by atoms with E-state index < -0.39 is 16.1 Å². The lowest BCUT2D eigenvalue weighted by Crippen LogP contribution is -2.31. The summed E-state index contributed by atoms with van der Waals surface area (Å²) in [5, 5.41) is 2.73. The van der Waals surface area contributed by atoms with E-state index in [0.717, 1.165) is 0 Å². The monoisotopic (exact) mass is 404 g/mol. The first-order valence-electron chi connectivity index (χ1n) is 9.28. The molecule has 0 saturated heterocycles. The second kappa shape index (κ2) is 9.21. The van der Waals surface area contributed by atoms with Crippen molar-refractivity contribution in [3.63, 3.8) is 0 Å². The molecule has 0 bridgehead atoms. The van der Waals surface area contributed by atoms with Gasteiger partial charge in [0.1, 0.15) is 5.75 Å². The first kappa shape index (κ1) is 21.9. The van der Waals surface area contributed by atoms with Crippen molar-refractivity contribution in [2.24, 2.45) is 0 Å². The molecule has 7 heteroatoms. The number of carbonyl (C=O) groups is 1. The largest absolute Gasteiger partial charge is 0.481 e. The maximum atomic E-state index is 12.4. The Morgan fingerprint density at radius 3 is 1.96 bits per heavy atom. The van der Waals surface area contributed by atoms with E-state index in [2.05, 4.69) is 23.9 Å². The van der Waals surface area contributed by atoms with Crippen molar-refractivity contribution in [3.05, 3.63) is 54.1 Å². The fraction of sp³-hybridized carbons (Fsp3) is 0.381. The van der Waals surface area contributed by atoms with Gasteiger partial charge >= 0.3 is 0 Å². The number of rotatable bonds is 8. The minimum absolute atomic E-state index is 0.147. The molecule has 0 saturated carbocycles. The Bertz CT molecular complexity index is 889. The van der Waals surface area contributed by atoms with Crippen molar-refractivity contribution < 1.29 is 17.9 Å². The van der Waals surface area contributed by atoms with Gasteiger partial charge in [0.15, 0.2) is 6.10 Å². The molecule has 0 aliphatic rings. The molecular formula is C21H28N2O4S. The van der Waals surface area contributed by atoms with Gasteiger partial charge in [-0.05, 0) is 68.7 Å². The van der Waals surface area contributed by atoms with E-state index in [4.69, 9.17) is 4.74 Å². The zero-order chi connectivity index (χ0) is 20.9. The third kappa shape index (κ3) is 6.07. The molecule has 2 rings (SSSR count). The summed E-state index contributed by atoms with van der Waals surface area (Å²) < 4.78 is 32.5. The normalized spacial score (nSPS) is 12.8. The Balaban J connectivity index is 1.98. The second-order valence-electron chi connectivity index (χ2n) is 7.27. The molecule has 0 spiro atoms. The van der Waals surface area contributed by atoms with Gasteiger partial charge in [-0.1, -0.05) is 26.0 Å². The van der Waals surface area contributed by atoms with Crippen LogP contribution < -0.4 is 14.8 Å². The zero-order valence-corrected chi connectivity index (χ0v) is 17.7. The van der Waals surface area contributed by atoms with Crippen LogP contribution >= 0.6 is 0 Å². The van der Waals surface area contributed by atoms with Crippen LogP contribution in [0.15, 0.2) is 53.4 Å². The number of nitrogens with one attached hydrogen (secondary N) is 2. The van der Waals surface area contributed by atoms with Crippen LogP contribution in [-0.4, -0.2) is 26.5 Å². The molecule has 0 heterocycles. The Hall–Kier alpha value is -2.38. The van der Waals surface area contributed by atoms with Gasteiger partial charge in [-0.25, -0.2) is 13.1 Å². The van der Waals surface area contributed by atoms with Crippen LogP contribution in [0.4, 0.5) is 5.69 Å². The highest BCUT2D eigenvalue weighted by Crippen LogP contribution is 2.20. The van der Waals surface area contributed by atoms with Crippen LogP contribution in [0.5, 0.6) is 5.75 Å². The molecule has 6 nitrogen and oxygen atoms in total. The summed E-state index contributed by atoms with van der Waals surface area (Å²) in [6.07, 6.45) is -0.698. The predicted molar refractivity (Wildman–Crippen MR) is 111 cm³/mol. The van der Waals surface area contributed by atoms with E-state index in [-0.39, 0.29) is 16.8 Å². The molecule has 1 amide bonds. The lowest BCUT2D eigenvalue weighted by molar-refractivity contribution is -0.122. The van der Waals surface area contributed by atoms with E-state index in [1.807, 2.05) is 24.3 Å². The van der Waals surface area contributed by atoms with Crippen molar-refractivity contribution in [2.75, 3.05) is 5.32 Å². The van der Waals surface area contributed by atoms with E-state index in [0.29, 0.717) is 17.4 Å². The first-order valence-corrected chi connectivity index (χ1v) is 10.8. The van der Waals surface area contributed by atoms with Crippen molar-refractivity contribution in [1.82, 2.24) is 4.72 Å². The number of sulfonamides is 1. The molecule has 2 aromatic rings. The molecule has 2 N–H and O–H groups in total. The van der Waals surface area contributed by atoms with E-state index >= 15 is 0 Å². The Labute approximate surface area is 167 Å². The molecule has 0 aliphatic carbocycles. The lowest BCUT2D eigenvalue weighted by atomic mass is 10.0. The van der Waals surface area contributed by atoms with Gasteiger partial charge < -0.3 is 10.1 Å². The minimum atomic E-state index is -3.56. The molecule has 1 atom stereocenters. The van der Waals surface area contributed by atoms with Crippen molar-refractivity contribution in [3.8, 4) is 5.75 Å². The molecule has 1 unspecified atom stereocenters. The fourth-order valence-electron chi connectivity index (χ4n) is 2.53. The van der Waals surface area contributed by atoms with E-state index in [1.54, 1.807) is 32.9 Å². The lowest BCUT2D eigenvalue weighted by Gasteiger charge is -2.16. The molecule has 0 radical (unpaired) electrons. The summed E-state index contributed by atoms with van der Waals surface area (Å²) in [6.45, 7) is 9.40. The van der Waals surface area contributed by atoms with Crippen LogP contribution in [0.3, 0.4) is 0 Å². The number of hydrogen-bond donors (Lipinski definition) is 2. The Morgan fingerprint density at radius 1 is 0.893 bits per heavy atom. The number of anilines is 1. The van der Waals surface area contributed by atoms with Crippen LogP contribution in [0.2, 0.25) is 0 Å². The topological polar surface area (TPSA) is 84.5 Å². The average molecular weight is 405 g/mol. The average Bonchev–Trinajstić information content (AvgIpc) is 2.61. The summed E-state index contributed by atoms with van der Waals surface area (Å²) in [7, 11) is -3.56. The number of amides is 1.